The highest BCUT2D eigenvalue weighted by molar-refractivity contribution is 5.36. The molecule has 40 heavy (non-hydrogen) atoms. The third-order valence-corrected chi connectivity index (χ3v) is 7.06. The Morgan fingerprint density at radius 2 is 1.35 bits per heavy atom. The molecule has 3 aromatic carbocycles. The van der Waals surface area contributed by atoms with Crippen molar-refractivity contribution in [2.24, 2.45) is 0 Å². The van der Waals surface area contributed by atoms with E-state index in [0.717, 1.165) is 23.3 Å². The fraction of sp³-hybridized carbons (Fsp3) is 0.267. The van der Waals surface area contributed by atoms with Gasteiger partial charge >= 0.3 is 12.4 Å². The Morgan fingerprint density at radius 1 is 0.825 bits per heavy atom. The molecule has 0 N–H and O–H groups in total. The number of hydrogen-bond donors (Lipinski definition) is 0. The van der Waals surface area contributed by atoms with E-state index in [0.29, 0.717) is 30.0 Å². The van der Waals surface area contributed by atoms with Gasteiger partial charge in [-0.3, -0.25) is 14.3 Å². The second-order valence-corrected chi connectivity index (χ2v) is 9.86. The predicted octanol–water partition coefficient (Wildman–Crippen LogP) is 6.79. The van der Waals surface area contributed by atoms with Crippen molar-refractivity contribution < 1.29 is 26.3 Å². The van der Waals surface area contributed by atoms with Crippen molar-refractivity contribution >= 4 is 0 Å². The standard InChI is InChI=1S/C30H25F6N3O/c1-19-37-26-12-13-38(17-20-14-23(29(31,32)33)16-24(15-20)30(34,35)36)18-25(26)28(40)39(19)27(21-8-4-2-5-9-21)22-10-6-3-7-11-22/h2-11,14-16,27H,12-13,17-18H2,1H3. The Labute approximate surface area is 226 Å². The first-order valence-corrected chi connectivity index (χ1v) is 12.6. The van der Waals surface area contributed by atoms with Crippen molar-refractivity contribution in [3.63, 3.8) is 0 Å². The average molecular weight is 558 g/mol. The van der Waals surface area contributed by atoms with Gasteiger partial charge in [0.1, 0.15) is 5.82 Å². The van der Waals surface area contributed by atoms with Gasteiger partial charge in [-0.05, 0) is 41.8 Å². The third-order valence-electron chi connectivity index (χ3n) is 7.06. The molecule has 0 unspecified atom stereocenters. The normalized spacial score (nSPS) is 14.4. The van der Waals surface area contributed by atoms with Crippen LogP contribution >= 0.6 is 0 Å². The Kier molecular flexibility index (Phi) is 7.31. The van der Waals surface area contributed by atoms with Crippen LogP contribution in [-0.2, 0) is 31.9 Å². The van der Waals surface area contributed by atoms with E-state index in [-0.39, 0.29) is 30.3 Å². The fourth-order valence-electron chi connectivity index (χ4n) is 5.23. The lowest BCUT2D eigenvalue weighted by atomic mass is 9.97. The molecule has 4 aromatic rings. The zero-order valence-electron chi connectivity index (χ0n) is 21.4. The first kappa shape index (κ1) is 27.6. The molecule has 0 fully saturated rings. The van der Waals surface area contributed by atoms with Gasteiger partial charge in [0.2, 0.25) is 0 Å². The number of alkyl halides is 6. The Hall–Kier alpha value is -3.92. The van der Waals surface area contributed by atoms with Crippen molar-refractivity contribution in [1.29, 1.82) is 0 Å². The summed E-state index contributed by atoms with van der Waals surface area (Å²) < 4.78 is 81.8. The maximum atomic E-state index is 14.0. The minimum atomic E-state index is -4.93. The van der Waals surface area contributed by atoms with Crippen LogP contribution in [0.2, 0.25) is 0 Å². The average Bonchev–Trinajstić information content (AvgIpc) is 2.91. The molecule has 1 aliphatic rings. The Morgan fingerprint density at radius 3 is 1.85 bits per heavy atom. The first-order chi connectivity index (χ1) is 18.9. The molecular formula is C30H25F6N3O. The predicted molar refractivity (Wildman–Crippen MR) is 138 cm³/mol. The molecule has 0 spiro atoms. The van der Waals surface area contributed by atoms with Crippen molar-refractivity contribution in [3.8, 4) is 0 Å². The summed E-state index contributed by atoms with van der Waals surface area (Å²) >= 11 is 0. The number of hydrogen-bond acceptors (Lipinski definition) is 3. The second kappa shape index (κ2) is 10.6. The second-order valence-electron chi connectivity index (χ2n) is 9.86. The lowest BCUT2D eigenvalue weighted by Gasteiger charge is -2.30. The molecule has 0 saturated carbocycles. The van der Waals surface area contributed by atoms with Crippen molar-refractivity contribution in [1.82, 2.24) is 14.5 Å². The van der Waals surface area contributed by atoms with E-state index in [1.807, 2.05) is 60.7 Å². The zero-order chi connectivity index (χ0) is 28.7. The van der Waals surface area contributed by atoms with Crippen LogP contribution in [0.3, 0.4) is 0 Å². The number of aryl methyl sites for hydroxylation is 1. The minimum Gasteiger partial charge on any atom is -0.294 e. The van der Waals surface area contributed by atoms with E-state index in [4.69, 9.17) is 4.98 Å². The molecule has 1 aromatic heterocycles. The molecule has 0 amide bonds. The number of rotatable bonds is 5. The maximum absolute atomic E-state index is 14.0. The van der Waals surface area contributed by atoms with E-state index in [1.165, 1.54) is 0 Å². The highest BCUT2D eigenvalue weighted by Crippen LogP contribution is 2.37. The minimum absolute atomic E-state index is 0.0509. The van der Waals surface area contributed by atoms with Crippen molar-refractivity contribution in [2.45, 2.75) is 44.8 Å². The van der Waals surface area contributed by atoms with Gasteiger partial charge in [-0.2, -0.15) is 26.3 Å². The van der Waals surface area contributed by atoms with Crippen LogP contribution in [0.25, 0.3) is 0 Å². The molecular weight excluding hydrogens is 532 g/mol. The van der Waals surface area contributed by atoms with Gasteiger partial charge in [-0.1, -0.05) is 60.7 Å². The van der Waals surface area contributed by atoms with Gasteiger partial charge in [0.15, 0.2) is 0 Å². The Bertz CT molecular complexity index is 1490. The number of aromatic nitrogens is 2. The van der Waals surface area contributed by atoms with Crippen LogP contribution in [0.5, 0.6) is 0 Å². The largest absolute Gasteiger partial charge is 0.416 e. The van der Waals surface area contributed by atoms with Gasteiger partial charge < -0.3 is 0 Å². The van der Waals surface area contributed by atoms with E-state index < -0.39 is 29.5 Å². The van der Waals surface area contributed by atoms with Gasteiger partial charge in [0, 0.05) is 26.1 Å². The molecule has 0 saturated heterocycles. The van der Waals surface area contributed by atoms with Gasteiger partial charge in [-0.25, -0.2) is 4.98 Å². The number of benzene rings is 3. The zero-order valence-corrected chi connectivity index (χ0v) is 21.4. The molecule has 0 aliphatic carbocycles. The molecule has 208 valence electrons. The van der Waals surface area contributed by atoms with Gasteiger partial charge in [-0.15, -0.1) is 0 Å². The monoisotopic (exact) mass is 557 g/mol. The topological polar surface area (TPSA) is 38.1 Å². The number of nitrogens with zero attached hydrogens (tertiary/aromatic N) is 3. The van der Waals surface area contributed by atoms with Gasteiger partial charge in [0.25, 0.3) is 5.56 Å². The lowest BCUT2D eigenvalue weighted by Crippen LogP contribution is -2.40. The van der Waals surface area contributed by atoms with Gasteiger partial charge in [0.05, 0.1) is 28.4 Å². The van der Waals surface area contributed by atoms with Crippen LogP contribution < -0.4 is 5.56 Å². The fourth-order valence-corrected chi connectivity index (χ4v) is 5.23. The van der Waals surface area contributed by atoms with E-state index in [2.05, 4.69) is 0 Å². The molecule has 10 heteroatoms. The highest BCUT2D eigenvalue weighted by Gasteiger charge is 2.37. The smallest absolute Gasteiger partial charge is 0.294 e. The van der Waals surface area contributed by atoms with E-state index in [1.54, 1.807) is 16.4 Å². The SMILES string of the molecule is Cc1nc2c(c(=O)n1C(c1ccccc1)c1ccccc1)CN(Cc1cc(C(F)(F)F)cc(C(F)(F)F)c1)CC2. The molecule has 2 heterocycles. The summed E-state index contributed by atoms with van der Waals surface area (Å²) in [7, 11) is 0. The summed E-state index contributed by atoms with van der Waals surface area (Å²) in [4.78, 5) is 20.4. The molecule has 4 nitrogen and oxygen atoms in total. The molecule has 0 radical (unpaired) electrons. The summed E-state index contributed by atoms with van der Waals surface area (Å²) in [5.74, 6) is 0.516. The van der Waals surface area contributed by atoms with E-state index in [9.17, 15) is 31.1 Å². The number of fused-ring (bicyclic) bond motifs is 1. The first-order valence-electron chi connectivity index (χ1n) is 12.6. The summed E-state index contributed by atoms with van der Waals surface area (Å²) in [6.45, 7) is 1.96. The van der Waals surface area contributed by atoms with Crippen LogP contribution in [0.15, 0.2) is 83.7 Å². The third kappa shape index (κ3) is 5.67. The Balaban J connectivity index is 1.53. The van der Waals surface area contributed by atoms with Crippen LogP contribution in [0.1, 0.15) is 50.9 Å². The molecule has 1 aliphatic heterocycles. The summed E-state index contributed by atoms with van der Waals surface area (Å²) in [6, 6.07) is 20.1. The highest BCUT2D eigenvalue weighted by atomic mass is 19.4. The quantitative estimate of drug-likeness (QED) is 0.254. The molecule has 0 atom stereocenters. The number of halogens is 6. The lowest BCUT2D eigenvalue weighted by molar-refractivity contribution is -0.143. The van der Waals surface area contributed by atoms with Crippen molar-refractivity contribution in [2.75, 3.05) is 6.54 Å². The van der Waals surface area contributed by atoms with Crippen LogP contribution in [0.4, 0.5) is 26.3 Å². The summed E-state index contributed by atoms with van der Waals surface area (Å²) in [5.41, 5.74) is -0.409. The summed E-state index contributed by atoms with van der Waals surface area (Å²) in [5, 5.41) is 0. The molecule has 5 rings (SSSR count). The van der Waals surface area contributed by atoms with Crippen LogP contribution in [-0.4, -0.2) is 21.0 Å². The summed E-state index contributed by atoms with van der Waals surface area (Å²) in [6.07, 6.45) is -9.51. The van der Waals surface area contributed by atoms with E-state index >= 15 is 0 Å². The maximum Gasteiger partial charge on any atom is 0.416 e. The van der Waals surface area contributed by atoms with Crippen LogP contribution in [0, 0.1) is 6.92 Å². The molecule has 0 bridgehead atoms. The van der Waals surface area contributed by atoms with Crippen molar-refractivity contribution in [3.05, 3.63) is 134 Å².